The highest BCUT2D eigenvalue weighted by Gasteiger charge is 2.32. The van der Waals surface area contributed by atoms with E-state index in [1.807, 2.05) is 0 Å². The monoisotopic (exact) mass is 458 g/mol. The molecule has 0 spiro atoms. The van der Waals surface area contributed by atoms with Gasteiger partial charge in [-0.1, -0.05) is 13.8 Å². The second kappa shape index (κ2) is 8.38. The normalized spacial score (nSPS) is 12.4. The molecule has 2 aromatic rings. The van der Waals surface area contributed by atoms with Crippen molar-refractivity contribution in [3.63, 3.8) is 0 Å². The number of ether oxygens (including phenoxy) is 1. The van der Waals surface area contributed by atoms with Crippen LogP contribution in [-0.4, -0.2) is 51.3 Å². The number of sulfonamides is 1. The second-order valence-electron chi connectivity index (χ2n) is 6.98. The molecule has 0 aliphatic carbocycles. The standard InChI is InChI=1S/C19H26N2O7S2/c1-7-29(24,25)20-13(5)17(19(23)28-6)15-11-14(9-10-16(15)20)21(18(22)12(3)4)30(26,27)8-2/h9-12H,7-8H2,1-6H3. The smallest absolute Gasteiger partial charge is 0.340 e. The van der Waals surface area contributed by atoms with Gasteiger partial charge in [0.15, 0.2) is 0 Å². The Kier molecular flexibility index (Phi) is 6.67. The van der Waals surface area contributed by atoms with Gasteiger partial charge in [0.1, 0.15) is 0 Å². The Morgan fingerprint density at radius 3 is 2.17 bits per heavy atom. The van der Waals surface area contributed by atoms with Crippen molar-refractivity contribution in [2.45, 2.75) is 34.6 Å². The Morgan fingerprint density at radius 1 is 1.10 bits per heavy atom. The van der Waals surface area contributed by atoms with Gasteiger partial charge in [0, 0.05) is 17.0 Å². The maximum atomic E-state index is 12.7. The van der Waals surface area contributed by atoms with E-state index in [0.717, 1.165) is 3.97 Å². The number of carbonyl (C=O) groups excluding carboxylic acids is 2. The molecule has 1 aromatic carbocycles. The zero-order valence-electron chi connectivity index (χ0n) is 17.8. The molecular formula is C19H26N2O7S2. The van der Waals surface area contributed by atoms with Crippen LogP contribution in [0.5, 0.6) is 0 Å². The lowest BCUT2D eigenvalue weighted by atomic mass is 10.1. The molecule has 0 saturated heterocycles. The summed E-state index contributed by atoms with van der Waals surface area (Å²) in [7, 11) is -6.55. The number of anilines is 1. The molecule has 166 valence electrons. The summed E-state index contributed by atoms with van der Waals surface area (Å²) < 4.78 is 57.1. The van der Waals surface area contributed by atoms with Crippen LogP contribution in [0.15, 0.2) is 18.2 Å². The molecule has 0 fully saturated rings. The van der Waals surface area contributed by atoms with E-state index in [1.165, 1.54) is 46.1 Å². The summed E-state index contributed by atoms with van der Waals surface area (Å²) in [4.78, 5) is 25.1. The van der Waals surface area contributed by atoms with Crippen molar-refractivity contribution in [2.75, 3.05) is 22.9 Å². The van der Waals surface area contributed by atoms with Crippen molar-refractivity contribution in [3.05, 3.63) is 29.5 Å². The van der Waals surface area contributed by atoms with Gasteiger partial charge in [0.2, 0.25) is 26.0 Å². The summed E-state index contributed by atoms with van der Waals surface area (Å²) >= 11 is 0. The fourth-order valence-electron chi connectivity index (χ4n) is 3.14. The lowest BCUT2D eigenvalue weighted by Crippen LogP contribution is -2.40. The van der Waals surface area contributed by atoms with Crippen LogP contribution in [0, 0.1) is 12.8 Å². The molecule has 0 radical (unpaired) electrons. The third-order valence-electron chi connectivity index (χ3n) is 4.74. The molecule has 9 nitrogen and oxygen atoms in total. The van der Waals surface area contributed by atoms with Crippen molar-refractivity contribution in [2.24, 2.45) is 5.92 Å². The fraction of sp³-hybridized carbons (Fsp3) is 0.474. The first-order valence-corrected chi connectivity index (χ1v) is 12.6. The van der Waals surface area contributed by atoms with Crippen molar-refractivity contribution in [3.8, 4) is 0 Å². The van der Waals surface area contributed by atoms with E-state index in [9.17, 15) is 26.4 Å². The third kappa shape index (κ3) is 3.95. The summed E-state index contributed by atoms with van der Waals surface area (Å²) in [6, 6.07) is 4.09. The first-order chi connectivity index (χ1) is 13.8. The quantitative estimate of drug-likeness (QED) is 0.584. The van der Waals surface area contributed by atoms with E-state index in [0.29, 0.717) is 4.31 Å². The zero-order chi connectivity index (χ0) is 23.0. The summed E-state index contributed by atoms with van der Waals surface area (Å²) in [5, 5.41) is 0.182. The predicted octanol–water partition coefficient (Wildman–Crippen LogP) is 2.27. The fourth-order valence-corrected chi connectivity index (χ4v) is 5.54. The van der Waals surface area contributed by atoms with E-state index in [1.54, 1.807) is 13.8 Å². The molecule has 0 unspecified atom stereocenters. The third-order valence-corrected chi connectivity index (χ3v) is 8.17. The topological polar surface area (TPSA) is 120 Å². The van der Waals surface area contributed by atoms with E-state index in [2.05, 4.69) is 0 Å². The van der Waals surface area contributed by atoms with Crippen LogP contribution in [0.3, 0.4) is 0 Å². The molecule has 0 atom stereocenters. The number of carbonyl (C=O) groups is 2. The zero-order valence-corrected chi connectivity index (χ0v) is 19.4. The molecule has 0 bridgehead atoms. The molecule has 1 heterocycles. The van der Waals surface area contributed by atoms with E-state index < -0.39 is 37.8 Å². The van der Waals surface area contributed by atoms with Crippen molar-refractivity contribution in [1.82, 2.24) is 3.97 Å². The van der Waals surface area contributed by atoms with E-state index >= 15 is 0 Å². The van der Waals surface area contributed by atoms with E-state index in [4.69, 9.17) is 4.74 Å². The molecule has 1 aromatic heterocycles. The van der Waals surface area contributed by atoms with Crippen LogP contribution in [0.1, 0.15) is 43.7 Å². The average molecular weight is 459 g/mol. The van der Waals surface area contributed by atoms with Crippen LogP contribution in [0.25, 0.3) is 10.9 Å². The van der Waals surface area contributed by atoms with Crippen LogP contribution >= 0.6 is 0 Å². The lowest BCUT2D eigenvalue weighted by molar-refractivity contribution is -0.120. The molecule has 30 heavy (non-hydrogen) atoms. The highest BCUT2D eigenvalue weighted by molar-refractivity contribution is 7.93. The summed E-state index contributed by atoms with van der Waals surface area (Å²) in [5.41, 5.74) is 0.372. The Hall–Kier alpha value is -2.40. The summed E-state index contributed by atoms with van der Waals surface area (Å²) in [5.74, 6) is -2.51. The second-order valence-corrected chi connectivity index (χ2v) is 11.2. The number of rotatable bonds is 7. The molecule has 0 N–H and O–H groups in total. The van der Waals surface area contributed by atoms with Gasteiger partial charge < -0.3 is 4.74 Å². The van der Waals surface area contributed by atoms with Crippen LogP contribution in [0.4, 0.5) is 5.69 Å². The maximum Gasteiger partial charge on any atom is 0.340 e. The van der Waals surface area contributed by atoms with Gasteiger partial charge in [-0.2, -0.15) is 0 Å². The first-order valence-electron chi connectivity index (χ1n) is 9.37. The average Bonchev–Trinajstić information content (AvgIpc) is 2.99. The van der Waals surface area contributed by atoms with Gasteiger partial charge in [-0.25, -0.2) is 29.9 Å². The molecule has 0 aliphatic rings. The number of amides is 1. The number of hydrogen-bond donors (Lipinski definition) is 0. The van der Waals surface area contributed by atoms with Gasteiger partial charge in [0.25, 0.3) is 0 Å². The van der Waals surface area contributed by atoms with Gasteiger partial charge in [0.05, 0.1) is 35.4 Å². The minimum Gasteiger partial charge on any atom is -0.465 e. The number of methoxy groups -OCH3 is 1. The van der Waals surface area contributed by atoms with Gasteiger partial charge >= 0.3 is 5.97 Å². The number of hydrogen-bond acceptors (Lipinski definition) is 7. The van der Waals surface area contributed by atoms with Gasteiger partial charge in [-0.3, -0.25) is 4.79 Å². The highest BCUT2D eigenvalue weighted by Crippen LogP contribution is 2.33. The Labute approximate surface area is 176 Å². The minimum absolute atomic E-state index is 0.00258. The molecular weight excluding hydrogens is 432 g/mol. The number of aromatic nitrogens is 1. The highest BCUT2D eigenvalue weighted by atomic mass is 32.2. The summed E-state index contributed by atoms with van der Waals surface area (Å²) in [6.45, 7) is 7.52. The number of nitrogens with zero attached hydrogens (tertiary/aromatic N) is 2. The number of fused-ring (bicyclic) bond motifs is 1. The van der Waals surface area contributed by atoms with Crippen molar-refractivity contribution >= 4 is 48.5 Å². The van der Waals surface area contributed by atoms with Gasteiger partial charge in [-0.05, 0) is 39.0 Å². The molecule has 2 rings (SSSR count). The number of esters is 1. The van der Waals surface area contributed by atoms with Crippen LogP contribution < -0.4 is 4.31 Å². The largest absolute Gasteiger partial charge is 0.465 e. The van der Waals surface area contributed by atoms with E-state index in [-0.39, 0.29) is 39.4 Å². The first kappa shape index (κ1) is 23.9. The van der Waals surface area contributed by atoms with Crippen molar-refractivity contribution in [1.29, 1.82) is 0 Å². The molecule has 11 heteroatoms. The number of benzene rings is 1. The molecule has 0 aliphatic heterocycles. The predicted molar refractivity (Wildman–Crippen MR) is 115 cm³/mol. The van der Waals surface area contributed by atoms with Crippen LogP contribution in [-0.2, 0) is 29.6 Å². The SMILES string of the molecule is CCS(=O)(=O)N(C(=O)C(C)C)c1ccc2c(c1)c(C(=O)OC)c(C)n2S(=O)(=O)CC. The van der Waals surface area contributed by atoms with Crippen LogP contribution in [0.2, 0.25) is 0 Å². The Morgan fingerprint density at radius 2 is 1.70 bits per heavy atom. The molecule has 1 amide bonds. The molecule has 0 saturated carbocycles. The summed E-state index contributed by atoms with van der Waals surface area (Å²) in [6.07, 6.45) is 0. The Balaban J connectivity index is 2.96. The van der Waals surface area contributed by atoms with Crippen molar-refractivity contribution < 1.29 is 31.2 Å². The minimum atomic E-state index is -3.96. The Bertz CT molecular complexity index is 1210. The van der Waals surface area contributed by atoms with Gasteiger partial charge in [-0.15, -0.1) is 0 Å². The maximum absolute atomic E-state index is 12.7. The lowest BCUT2D eigenvalue weighted by Gasteiger charge is -2.24.